The van der Waals surface area contributed by atoms with Crippen LogP contribution in [0.5, 0.6) is 0 Å². The zero-order valence-electron chi connectivity index (χ0n) is 15.2. The molecule has 0 atom stereocenters. The van der Waals surface area contributed by atoms with Crippen molar-refractivity contribution >= 4 is 22.4 Å². The van der Waals surface area contributed by atoms with E-state index >= 15 is 0 Å². The average Bonchev–Trinajstić information content (AvgIpc) is 2.72. The monoisotopic (exact) mass is 353 g/mol. The first-order valence-electron chi connectivity index (χ1n) is 8.75. The predicted molar refractivity (Wildman–Crippen MR) is 110 cm³/mol. The van der Waals surface area contributed by atoms with Crippen LogP contribution in [-0.2, 0) is 0 Å². The second-order valence-electron chi connectivity index (χ2n) is 6.33. The number of hydrogen-bond acceptors (Lipinski definition) is 5. The largest absolute Gasteiger partial charge is 0.264 e. The van der Waals surface area contributed by atoms with Gasteiger partial charge in [0.1, 0.15) is 0 Å². The van der Waals surface area contributed by atoms with Gasteiger partial charge in [0.2, 0.25) is 0 Å². The lowest BCUT2D eigenvalue weighted by molar-refractivity contribution is 1.17. The third-order valence-corrected chi connectivity index (χ3v) is 4.32. The summed E-state index contributed by atoms with van der Waals surface area (Å²) in [5, 5.41) is 5.46. The minimum atomic E-state index is 0.618. The van der Waals surface area contributed by atoms with Crippen molar-refractivity contribution in [2.24, 2.45) is 5.10 Å². The Morgan fingerprint density at radius 1 is 0.926 bits per heavy atom. The number of anilines is 1. The number of pyridine rings is 1. The summed E-state index contributed by atoms with van der Waals surface area (Å²) in [5.41, 5.74) is 8.03. The summed E-state index contributed by atoms with van der Waals surface area (Å²) in [5.74, 6) is 1.29. The van der Waals surface area contributed by atoms with Crippen LogP contribution in [0.25, 0.3) is 22.3 Å². The fourth-order valence-electron chi connectivity index (χ4n) is 2.78. The van der Waals surface area contributed by atoms with Crippen LogP contribution in [0.2, 0.25) is 0 Å². The molecule has 0 fully saturated rings. The van der Waals surface area contributed by atoms with E-state index in [4.69, 9.17) is 0 Å². The Hall–Kier alpha value is -3.60. The Balaban J connectivity index is 1.74. The zero-order chi connectivity index (χ0) is 18.6. The number of nitrogens with zero attached hydrogens (tertiary/aromatic N) is 4. The van der Waals surface area contributed by atoms with Crippen LogP contribution in [0, 0.1) is 6.92 Å². The third kappa shape index (κ3) is 3.67. The number of fused-ring (bicyclic) bond motifs is 1. The smallest absolute Gasteiger partial charge is 0.163 e. The molecular formula is C22H19N5. The number of hydrazone groups is 1. The second kappa shape index (κ2) is 7.33. The molecule has 1 N–H and O–H groups in total. The number of para-hydroxylation sites is 1. The van der Waals surface area contributed by atoms with E-state index in [0.29, 0.717) is 11.6 Å². The Kier molecular flexibility index (Phi) is 4.58. The van der Waals surface area contributed by atoms with Crippen LogP contribution in [0.4, 0.5) is 5.82 Å². The topological polar surface area (TPSA) is 63.1 Å². The minimum absolute atomic E-state index is 0.618. The fourth-order valence-corrected chi connectivity index (χ4v) is 2.78. The minimum Gasteiger partial charge on any atom is -0.264 e. The third-order valence-electron chi connectivity index (χ3n) is 4.32. The lowest BCUT2D eigenvalue weighted by atomic mass is 10.1. The Bertz CT molecular complexity index is 1100. The first-order chi connectivity index (χ1) is 13.2. The van der Waals surface area contributed by atoms with Crippen molar-refractivity contribution in [3.8, 4) is 11.4 Å². The highest BCUT2D eigenvalue weighted by Gasteiger charge is 2.09. The molecule has 5 heteroatoms. The summed E-state index contributed by atoms with van der Waals surface area (Å²) in [4.78, 5) is 13.5. The number of aromatic nitrogens is 3. The highest BCUT2D eigenvalue weighted by Crippen LogP contribution is 2.24. The van der Waals surface area contributed by atoms with E-state index in [1.165, 1.54) is 5.56 Å². The van der Waals surface area contributed by atoms with Crippen LogP contribution in [0.3, 0.4) is 0 Å². The van der Waals surface area contributed by atoms with E-state index in [0.717, 1.165) is 27.7 Å². The molecule has 4 rings (SSSR count). The van der Waals surface area contributed by atoms with Crippen molar-refractivity contribution in [3.63, 3.8) is 0 Å². The van der Waals surface area contributed by atoms with Crippen LogP contribution in [0.1, 0.15) is 18.1 Å². The Labute approximate surface area is 157 Å². The summed E-state index contributed by atoms with van der Waals surface area (Å²) in [6, 6.07) is 20.0. The molecular weight excluding hydrogens is 334 g/mol. The average molecular weight is 353 g/mol. The molecule has 0 aliphatic heterocycles. The van der Waals surface area contributed by atoms with Crippen molar-refractivity contribution in [1.82, 2.24) is 15.0 Å². The van der Waals surface area contributed by atoms with E-state index < -0.39 is 0 Å². The second-order valence-corrected chi connectivity index (χ2v) is 6.33. The van der Waals surface area contributed by atoms with Gasteiger partial charge in [-0.05, 0) is 43.7 Å². The van der Waals surface area contributed by atoms with E-state index in [1.54, 1.807) is 12.4 Å². The van der Waals surface area contributed by atoms with Gasteiger partial charge in [0.25, 0.3) is 0 Å². The molecule has 0 bridgehead atoms. The maximum absolute atomic E-state index is 4.68. The van der Waals surface area contributed by atoms with Gasteiger partial charge in [0.15, 0.2) is 11.6 Å². The molecule has 4 aromatic rings. The van der Waals surface area contributed by atoms with E-state index in [2.05, 4.69) is 56.7 Å². The van der Waals surface area contributed by atoms with Gasteiger partial charge < -0.3 is 0 Å². The van der Waals surface area contributed by atoms with Crippen LogP contribution < -0.4 is 5.43 Å². The Morgan fingerprint density at radius 3 is 2.52 bits per heavy atom. The number of hydrogen-bond donors (Lipinski definition) is 1. The van der Waals surface area contributed by atoms with E-state index in [9.17, 15) is 0 Å². The fraction of sp³-hybridized carbons (Fsp3) is 0.0909. The molecule has 5 nitrogen and oxygen atoms in total. The predicted octanol–water partition coefficient (Wildman–Crippen LogP) is 4.84. The molecule has 0 amide bonds. The lowest BCUT2D eigenvalue weighted by Gasteiger charge is -2.09. The number of aryl methyl sites for hydroxylation is 1. The molecule has 0 radical (unpaired) electrons. The molecule has 0 saturated carbocycles. The highest BCUT2D eigenvalue weighted by molar-refractivity contribution is 5.99. The first kappa shape index (κ1) is 16.8. The van der Waals surface area contributed by atoms with Crippen molar-refractivity contribution in [2.45, 2.75) is 13.8 Å². The molecule has 0 unspecified atom stereocenters. The molecule has 0 aliphatic carbocycles. The summed E-state index contributed by atoms with van der Waals surface area (Å²) in [6.45, 7) is 4.05. The van der Waals surface area contributed by atoms with E-state index in [1.807, 2.05) is 43.3 Å². The van der Waals surface area contributed by atoms with Crippen molar-refractivity contribution < 1.29 is 0 Å². The summed E-state index contributed by atoms with van der Waals surface area (Å²) in [6.07, 6.45) is 3.49. The molecule has 0 aliphatic rings. The quantitative estimate of drug-likeness (QED) is 0.421. The van der Waals surface area contributed by atoms with Gasteiger partial charge in [0, 0.05) is 23.3 Å². The standard InChI is InChI=1S/C22H19N5/c1-15-9-11-17(12-10-15)16(2)26-27-22-19-7-3-4-8-20(19)24-21(25-22)18-6-5-13-23-14-18/h3-14H,1-2H3,(H,24,25,27)/b26-16+. The molecule has 0 saturated heterocycles. The molecule has 27 heavy (non-hydrogen) atoms. The van der Waals surface area contributed by atoms with Gasteiger partial charge in [0.05, 0.1) is 11.2 Å². The number of nitrogens with one attached hydrogen (secondary N) is 1. The van der Waals surface area contributed by atoms with Crippen LogP contribution in [0.15, 0.2) is 78.2 Å². The van der Waals surface area contributed by atoms with Crippen molar-refractivity contribution in [2.75, 3.05) is 5.43 Å². The Morgan fingerprint density at radius 2 is 1.74 bits per heavy atom. The molecule has 2 aromatic carbocycles. The summed E-state index contributed by atoms with van der Waals surface area (Å²) < 4.78 is 0. The highest BCUT2D eigenvalue weighted by atomic mass is 15.3. The zero-order valence-corrected chi connectivity index (χ0v) is 15.2. The van der Waals surface area contributed by atoms with Crippen molar-refractivity contribution in [3.05, 3.63) is 84.2 Å². The summed E-state index contributed by atoms with van der Waals surface area (Å²) >= 11 is 0. The van der Waals surface area contributed by atoms with Gasteiger partial charge >= 0.3 is 0 Å². The van der Waals surface area contributed by atoms with Gasteiger partial charge in [-0.3, -0.25) is 10.4 Å². The van der Waals surface area contributed by atoms with Gasteiger partial charge in [-0.2, -0.15) is 5.10 Å². The molecule has 2 aromatic heterocycles. The molecule has 0 spiro atoms. The maximum atomic E-state index is 4.68. The van der Waals surface area contributed by atoms with Crippen LogP contribution in [-0.4, -0.2) is 20.7 Å². The lowest BCUT2D eigenvalue weighted by Crippen LogP contribution is -2.03. The molecule has 2 heterocycles. The van der Waals surface area contributed by atoms with E-state index in [-0.39, 0.29) is 0 Å². The SMILES string of the molecule is C/C(=N\Nc1nc(-c2cccnc2)nc2ccccc12)c1ccc(C)cc1. The van der Waals surface area contributed by atoms with Crippen LogP contribution >= 0.6 is 0 Å². The van der Waals surface area contributed by atoms with Gasteiger partial charge in [-0.1, -0.05) is 42.0 Å². The number of benzene rings is 2. The van der Waals surface area contributed by atoms with Crippen molar-refractivity contribution in [1.29, 1.82) is 0 Å². The first-order valence-corrected chi connectivity index (χ1v) is 8.75. The summed E-state index contributed by atoms with van der Waals surface area (Å²) in [7, 11) is 0. The van der Waals surface area contributed by atoms with Gasteiger partial charge in [-0.25, -0.2) is 9.97 Å². The maximum Gasteiger partial charge on any atom is 0.163 e. The normalized spacial score (nSPS) is 11.6. The number of rotatable bonds is 4. The van der Waals surface area contributed by atoms with Gasteiger partial charge in [-0.15, -0.1) is 0 Å². The molecule has 132 valence electrons.